The molecular formula is C24H34N2O2S. The summed E-state index contributed by atoms with van der Waals surface area (Å²) in [7, 11) is 1.77. The SMILES string of the molecule is COc1c(C(C)(C)C)cc(-c2ncc(C3CCN(C=O)CC3)s2)cc1C(C)(C)C. The van der Waals surface area contributed by atoms with Crippen molar-refractivity contribution >= 4 is 17.7 Å². The van der Waals surface area contributed by atoms with Crippen molar-refractivity contribution < 1.29 is 9.53 Å². The van der Waals surface area contributed by atoms with E-state index in [1.807, 2.05) is 11.1 Å². The Hall–Kier alpha value is -1.88. The molecule has 2 aromatic rings. The highest BCUT2D eigenvalue weighted by atomic mass is 32.1. The number of likely N-dealkylation sites (tertiary alicyclic amines) is 1. The molecule has 5 heteroatoms. The highest BCUT2D eigenvalue weighted by Gasteiger charge is 2.29. The summed E-state index contributed by atoms with van der Waals surface area (Å²) in [5, 5.41) is 1.07. The third-order valence-corrected chi connectivity index (χ3v) is 6.97. The Morgan fingerprint density at radius 2 is 1.62 bits per heavy atom. The van der Waals surface area contributed by atoms with E-state index in [0.717, 1.165) is 43.1 Å². The fraction of sp³-hybridized carbons (Fsp3) is 0.583. The van der Waals surface area contributed by atoms with Crippen LogP contribution in [0.4, 0.5) is 0 Å². The second kappa shape index (κ2) is 8.10. The van der Waals surface area contributed by atoms with Gasteiger partial charge in [0.1, 0.15) is 10.8 Å². The van der Waals surface area contributed by atoms with Gasteiger partial charge in [-0.2, -0.15) is 0 Å². The van der Waals surface area contributed by atoms with Crippen LogP contribution in [0.25, 0.3) is 10.6 Å². The van der Waals surface area contributed by atoms with Gasteiger partial charge in [0, 0.05) is 40.9 Å². The number of benzene rings is 1. The number of carbonyl (C=O) groups excluding carboxylic acids is 1. The predicted octanol–water partition coefficient (Wildman–Crippen LogP) is 5.75. The number of hydrogen-bond donors (Lipinski definition) is 0. The summed E-state index contributed by atoms with van der Waals surface area (Å²) in [6, 6.07) is 4.51. The van der Waals surface area contributed by atoms with Crippen molar-refractivity contribution in [2.75, 3.05) is 20.2 Å². The Morgan fingerprint density at radius 3 is 2.07 bits per heavy atom. The van der Waals surface area contributed by atoms with E-state index >= 15 is 0 Å². The van der Waals surface area contributed by atoms with Gasteiger partial charge in [0.05, 0.1) is 7.11 Å². The fourth-order valence-corrected chi connectivity index (χ4v) is 5.06. The van der Waals surface area contributed by atoms with Gasteiger partial charge in [-0.25, -0.2) is 4.98 Å². The van der Waals surface area contributed by atoms with Gasteiger partial charge in [-0.15, -0.1) is 11.3 Å². The first-order chi connectivity index (χ1) is 13.5. The minimum atomic E-state index is -0.0247. The first kappa shape index (κ1) is 21.8. The number of carbonyl (C=O) groups is 1. The lowest BCUT2D eigenvalue weighted by atomic mass is 9.78. The third-order valence-electron chi connectivity index (χ3n) is 5.76. The molecule has 4 nitrogen and oxygen atoms in total. The van der Waals surface area contributed by atoms with Crippen LogP contribution >= 0.6 is 11.3 Å². The van der Waals surface area contributed by atoms with Gasteiger partial charge in [-0.3, -0.25) is 4.79 Å². The van der Waals surface area contributed by atoms with Crippen molar-refractivity contribution in [1.29, 1.82) is 0 Å². The quantitative estimate of drug-likeness (QED) is 0.598. The molecule has 1 aliphatic rings. The molecule has 0 spiro atoms. The van der Waals surface area contributed by atoms with E-state index in [2.05, 4.69) is 53.7 Å². The smallest absolute Gasteiger partial charge is 0.209 e. The van der Waals surface area contributed by atoms with Gasteiger partial charge < -0.3 is 9.64 Å². The van der Waals surface area contributed by atoms with Gasteiger partial charge in [-0.05, 0) is 41.7 Å². The highest BCUT2D eigenvalue weighted by Crippen LogP contribution is 2.44. The Bertz CT molecular complexity index is 831. The molecule has 0 aliphatic carbocycles. The molecule has 0 radical (unpaired) electrons. The number of methoxy groups -OCH3 is 1. The second-order valence-corrected chi connectivity index (χ2v) is 11.2. The van der Waals surface area contributed by atoms with Crippen molar-refractivity contribution in [3.63, 3.8) is 0 Å². The van der Waals surface area contributed by atoms with Gasteiger partial charge >= 0.3 is 0 Å². The summed E-state index contributed by atoms with van der Waals surface area (Å²) >= 11 is 1.79. The van der Waals surface area contributed by atoms with E-state index in [1.54, 1.807) is 18.4 Å². The van der Waals surface area contributed by atoms with Crippen LogP contribution in [0.15, 0.2) is 18.3 Å². The molecular weight excluding hydrogens is 380 g/mol. The molecule has 1 aliphatic heterocycles. The molecule has 1 saturated heterocycles. The maximum absolute atomic E-state index is 11.0. The summed E-state index contributed by atoms with van der Waals surface area (Å²) < 4.78 is 5.89. The maximum atomic E-state index is 11.0. The molecule has 0 atom stereocenters. The number of aromatic nitrogens is 1. The monoisotopic (exact) mass is 414 g/mol. The molecule has 1 aromatic heterocycles. The Kier molecular flexibility index (Phi) is 6.09. The molecule has 0 N–H and O–H groups in total. The average molecular weight is 415 g/mol. The van der Waals surface area contributed by atoms with E-state index < -0.39 is 0 Å². The molecule has 0 saturated carbocycles. The fourth-order valence-electron chi connectivity index (χ4n) is 3.98. The van der Waals surface area contributed by atoms with Crippen LogP contribution in [0, 0.1) is 0 Å². The molecule has 158 valence electrons. The first-order valence-electron chi connectivity index (χ1n) is 10.4. The van der Waals surface area contributed by atoms with Gasteiger partial charge in [-0.1, -0.05) is 41.5 Å². The summed E-state index contributed by atoms with van der Waals surface area (Å²) in [4.78, 5) is 19.0. The number of thiazole rings is 1. The third kappa shape index (κ3) is 4.66. The lowest BCUT2D eigenvalue weighted by Gasteiger charge is -2.29. The van der Waals surface area contributed by atoms with E-state index in [1.165, 1.54) is 21.6 Å². The number of amides is 1. The Morgan fingerprint density at radius 1 is 1.07 bits per heavy atom. The van der Waals surface area contributed by atoms with Crippen LogP contribution in [0.1, 0.15) is 76.3 Å². The lowest BCUT2D eigenvalue weighted by Crippen LogP contribution is -2.31. The molecule has 1 amide bonds. The zero-order valence-electron chi connectivity index (χ0n) is 18.8. The summed E-state index contributed by atoms with van der Waals surface area (Å²) in [5.74, 6) is 1.49. The van der Waals surface area contributed by atoms with Crippen LogP contribution in [0.5, 0.6) is 5.75 Å². The van der Waals surface area contributed by atoms with Crippen molar-refractivity contribution in [2.45, 2.75) is 71.1 Å². The van der Waals surface area contributed by atoms with E-state index in [9.17, 15) is 4.79 Å². The molecule has 3 rings (SSSR count). The van der Waals surface area contributed by atoms with Gasteiger partial charge in [0.25, 0.3) is 0 Å². The lowest BCUT2D eigenvalue weighted by molar-refractivity contribution is -0.119. The highest BCUT2D eigenvalue weighted by molar-refractivity contribution is 7.15. The summed E-state index contributed by atoms with van der Waals surface area (Å²) in [6.07, 6.45) is 5.04. The minimum absolute atomic E-state index is 0.0247. The zero-order valence-corrected chi connectivity index (χ0v) is 19.7. The van der Waals surface area contributed by atoms with E-state index in [-0.39, 0.29) is 10.8 Å². The number of rotatable bonds is 4. The topological polar surface area (TPSA) is 42.4 Å². The normalized spacial score (nSPS) is 16.2. The molecule has 0 bridgehead atoms. The molecule has 1 aromatic carbocycles. The van der Waals surface area contributed by atoms with E-state index in [0.29, 0.717) is 5.92 Å². The van der Waals surface area contributed by atoms with Gasteiger partial charge in [0.2, 0.25) is 6.41 Å². The van der Waals surface area contributed by atoms with Gasteiger partial charge in [0.15, 0.2) is 0 Å². The van der Waals surface area contributed by atoms with E-state index in [4.69, 9.17) is 9.72 Å². The molecule has 29 heavy (non-hydrogen) atoms. The van der Waals surface area contributed by atoms with Crippen LogP contribution in [0.3, 0.4) is 0 Å². The summed E-state index contributed by atoms with van der Waals surface area (Å²) in [5.41, 5.74) is 3.56. The second-order valence-electron chi connectivity index (χ2n) is 10.1. The summed E-state index contributed by atoms with van der Waals surface area (Å²) in [6.45, 7) is 15.1. The molecule has 0 unspecified atom stereocenters. The number of ether oxygens (including phenoxy) is 1. The van der Waals surface area contributed by atoms with Crippen LogP contribution in [0.2, 0.25) is 0 Å². The number of nitrogens with zero attached hydrogens (tertiary/aromatic N) is 2. The Balaban J connectivity index is 2.01. The molecule has 1 fully saturated rings. The Labute approximate surface area is 179 Å². The van der Waals surface area contributed by atoms with Crippen LogP contribution in [-0.4, -0.2) is 36.5 Å². The van der Waals surface area contributed by atoms with Crippen molar-refractivity contribution in [1.82, 2.24) is 9.88 Å². The average Bonchev–Trinajstić information content (AvgIpc) is 3.15. The first-order valence-corrected chi connectivity index (χ1v) is 11.2. The van der Waals surface area contributed by atoms with Crippen LogP contribution < -0.4 is 4.74 Å². The van der Waals surface area contributed by atoms with Crippen molar-refractivity contribution in [3.8, 4) is 16.3 Å². The number of hydrogen-bond acceptors (Lipinski definition) is 4. The zero-order chi connectivity index (χ0) is 21.4. The van der Waals surface area contributed by atoms with Crippen molar-refractivity contribution in [3.05, 3.63) is 34.3 Å². The number of piperidine rings is 1. The molecule has 2 heterocycles. The maximum Gasteiger partial charge on any atom is 0.209 e. The minimum Gasteiger partial charge on any atom is -0.496 e. The van der Waals surface area contributed by atoms with Crippen molar-refractivity contribution in [2.24, 2.45) is 0 Å². The standard InChI is InChI=1S/C24H34N2O2S/c1-23(2,3)18-12-17(13-19(21(18)28-7)24(4,5)6)22-25-14-20(29-22)16-8-10-26(15-27)11-9-16/h12-16H,8-11H2,1-7H3. The van der Waals surface area contributed by atoms with Crippen LogP contribution in [-0.2, 0) is 15.6 Å². The predicted molar refractivity (Wildman–Crippen MR) is 121 cm³/mol. The largest absolute Gasteiger partial charge is 0.496 e.